The molecule has 312 valence electrons. The molecule has 7 rings (SSSR count). The Hall–Kier alpha value is -4.99. The van der Waals surface area contributed by atoms with Gasteiger partial charge in [0.15, 0.2) is 40.5 Å². The highest BCUT2D eigenvalue weighted by molar-refractivity contribution is 6.40. The van der Waals surface area contributed by atoms with Crippen molar-refractivity contribution >= 4 is 63.8 Å². The molecule has 2 fully saturated rings. The lowest BCUT2D eigenvalue weighted by molar-refractivity contribution is -0.121. The van der Waals surface area contributed by atoms with Crippen molar-refractivity contribution in [2.75, 3.05) is 32.8 Å². The van der Waals surface area contributed by atoms with Crippen molar-refractivity contribution in [3.8, 4) is 17.6 Å². The van der Waals surface area contributed by atoms with Crippen molar-refractivity contribution in [3.05, 3.63) is 85.7 Å². The van der Waals surface area contributed by atoms with Crippen LogP contribution in [0.25, 0.3) is 0 Å². The van der Waals surface area contributed by atoms with E-state index in [-0.39, 0.29) is 68.7 Å². The number of nitrogens with zero attached hydrogens (tertiary/aromatic N) is 11. The van der Waals surface area contributed by atoms with Crippen molar-refractivity contribution in [3.63, 3.8) is 0 Å². The second-order valence-electron chi connectivity index (χ2n) is 13.2. The molecule has 0 aliphatic heterocycles. The Morgan fingerprint density at radius 2 is 1.34 bits per heavy atom. The van der Waals surface area contributed by atoms with Crippen molar-refractivity contribution in [2.24, 2.45) is 11.8 Å². The van der Waals surface area contributed by atoms with Crippen molar-refractivity contribution < 1.29 is 28.4 Å². The fourth-order valence-corrected chi connectivity index (χ4v) is 6.77. The number of ketones is 3. The number of tetrazole rings is 2. The Bertz CT molecular complexity index is 2210. The van der Waals surface area contributed by atoms with Gasteiger partial charge in [0.1, 0.15) is 25.9 Å². The monoisotopic (exact) mass is 887 g/mol. The molecule has 1 unspecified atom stereocenters. The molecule has 2 aliphatic carbocycles. The summed E-state index contributed by atoms with van der Waals surface area (Å²) in [5.41, 5.74) is 0.754. The van der Waals surface area contributed by atoms with Crippen LogP contribution in [0, 0.1) is 23.2 Å². The summed E-state index contributed by atoms with van der Waals surface area (Å²) in [5, 5.41) is 35.2. The van der Waals surface area contributed by atoms with E-state index in [1.165, 1.54) is 60.0 Å². The molecular formula is C38H41Cl4N11O6. The minimum Gasteiger partial charge on any atom is -0.488 e. The summed E-state index contributed by atoms with van der Waals surface area (Å²) in [7, 11) is 0. The van der Waals surface area contributed by atoms with Crippen LogP contribution in [0.1, 0.15) is 84.4 Å². The lowest BCUT2D eigenvalue weighted by Gasteiger charge is -2.14. The average Bonchev–Trinajstić information content (AvgIpc) is 4.08. The van der Waals surface area contributed by atoms with Crippen molar-refractivity contribution in [1.29, 1.82) is 5.26 Å². The Labute approximate surface area is 359 Å². The second kappa shape index (κ2) is 21.9. The zero-order valence-electron chi connectivity index (χ0n) is 32.4. The number of rotatable bonds is 18. The summed E-state index contributed by atoms with van der Waals surface area (Å²) in [4.78, 5) is 40.1. The molecule has 3 heterocycles. The first-order chi connectivity index (χ1) is 28.5. The summed E-state index contributed by atoms with van der Waals surface area (Å²) in [5.74, 6) is -1.60. The molecule has 0 radical (unpaired) electrons. The van der Waals surface area contributed by atoms with Gasteiger partial charge in [-0.15, -0.1) is 10.2 Å². The summed E-state index contributed by atoms with van der Waals surface area (Å²) in [6, 6.07) is 7.78. The molecule has 1 atom stereocenters. The Morgan fingerprint density at radius 1 is 0.814 bits per heavy atom. The number of halogens is 4. The number of carbonyl (C=O) groups excluding carboxylic acids is 3. The third kappa shape index (κ3) is 12.0. The summed E-state index contributed by atoms with van der Waals surface area (Å²) >= 11 is 25.0. The predicted molar refractivity (Wildman–Crippen MR) is 216 cm³/mol. The van der Waals surface area contributed by atoms with E-state index in [1.807, 2.05) is 0 Å². The van der Waals surface area contributed by atoms with E-state index in [0.29, 0.717) is 47.8 Å². The van der Waals surface area contributed by atoms with Crippen LogP contribution in [0.2, 0.25) is 20.1 Å². The molecular weight excluding hydrogens is 848 g/mol. The molecule has 2 saturated carbocycles. The van der Waals surface area contributed by atoms with Gasteiger partial charge in [0.2, 0.25) is 0 Å². The van der Waals surface area contributed by atoms with E-state index in [0.717, 1.165) is 12.8 Å². The molecule has 21 heteroatoms. The van der Waals surface area contributed by atoms with Gasteiger partial charge < -0.3 is 18.9 Å². The van der Waals surface area contributed by atoms with Crippen LogP contribution >= 0.6 is 46.4 Å². The molecule has 17 nitrogen and oxygen atoms in total. The Kier molecular flexibility index (Phi) is 16.7. The summed E-state index contributed by atoms with van der Waals surface area (Å²) in [6.07, 6.45) is 7.74. The molecule has 0 N–H and O–H groups in total. The molecule has 0 spiro atoms. The Morgan fingerprint density at radius 3 is 1.78 bits per heavy atom. The molecule has 3 aromatic heterocycles. The lowest BCUT2D eigenvalue weighted by Crippen LogP contribution is -2.24. The number of aromatic nitrogens is 9. The van der Waals surface area contributed by atoms with Gasteiger partial charge >= 0.3 is 0 Å². The van der Waals surface area contributed by atoms with Gasteiger partial charge in [0.25, 0.3) is 0 Å². The second-order valence-corrected chi connectivity index (χ2v) is 14.8. The van der Waals surface area contributed by atoms with E-state index >= 15 is 0 Å². The maximum Gasteiger partial charge on any atom is 0.199 e. The van der Waals surface area contributed by atoms with E-state index in [1.54, 1.807) is 18.2 Å². The maximum atomic E-state index is 12.9. The van der Waals surface area contributed by atoms with Crippen LogP contribution in [0.15, 0.2) is 47.6 Å². The minimum atomic E-state index is -1.37. The third-order valence-electron chi connectivity index (χ3n) is 9.31. The largest absolute Gasteiger partial charge is 0.488 e. The molecule has 5 aromatic rings. The van der Waals surface area contributed by atoms with Crippen LogP contribution < -0.4 is 9.47 Å². The maximum absolute atomic E-state index is 12.9. The van der Waals surface area contributed by atoms with Crippen LogP contribution in [-0.4, -0.2) is 101 Å². The molecule has 0 saturated heterocycles. The normalized spacial score (nSPS) is 13.7. The van der Waals surface area contributed by atoms with Gasteiger partial charge in [-0.3, -0.25) is 14.4 Å². The number of benzene rings is 2. The van der Waals surface area contributed by atoms with Crippen molar-refractivity contribution in [1.82, 2.24) is 50.5 Å². The first-order valence-electron chi connectivity index (χ1n) is 18.8. The summed E-state index contributed by atoms with van der Waals surface area (Å²) in [6.45, 7) is 11.3. The van der Waals surface area contributed by atoms with Crippen LogP contribution in [0.5, 0.6) is 11.5 Å². The van der Waals surface area contributed by atoms with E-state index < -0.39 is 11.7 Å². The smallest absolute Gasteiger partial charge is 0.199 e. The van der Waals surface area contributed by atoms with Crippen LogP contribution in [0.3, 0.4) is 0 Å². The molecule has 59 heavy (non-hydrogen) atoms. The average molecular weight is 890 g/mol. The SMILES string of the molecule is CCN(CC)CC.N#CC(C(=O)c1ccc(Cl)c(OCCn2cnnn2)c1Cl)C(=O)C1CC1.O=C(c1cnoc1C1CC1)c1ccc(Cl)c(OCCn2cnnn2)c1Cl. The molecule has 0 bridgehead atoms. The van der Waals surface area contributed by atoms with Gasteiger partial charge in [-0.25, -0.2) is 9.36 Å². The highest BCUT2D eigenvalue weighted by Crippen LogP contribution is 2.43. The fourth-order valence-electron chi connectivity index (χ4n) is 5.63. The predicted octanol–water partition coefficient (Wildman–Crippen LogP) is 6.86. The molecule has 2 aliphatic rings. The number of nitriles is 1. The number of carbonyl (C=O) groups is 3. The van der Waals surface area contributed by atoms with Gasteiger partial charge in [0.05, 0.1) is 51.0 Å². The number of hydrogen-bond acceptors (Lipinski definition) is 15. The van der Waals surface area contributed by atoms with E-state index in [4.69, 9.17) is 60.4 Å². The fraction of sp³-hybridized carbons (Fsp3) is 0.447. The van der Waals surface area contributed by atoms with Crippen LogP contribution in [0.4, 0.5) is 0 Å². The zero-order valence-corrected chi connectivity index (χ0v) is 35.5. The topological polar surface area (TPSA) is 210 Å². The third-order valence-corrected chi connectivity index (χ3v) is 10.7. The van der Waals surface area contributed by atoms with Crippen molar-refractivity contribution in [2.45, 2.75) is 65.5 Å². The first kappa shape index (κ1) is 45.1. The van der Waals surface area contributed by atoms with E-state index in [2.05, 4.69) is 61.9 Å². The highest BCUT2D eigenvalue weighted by Gasteiger charge is 2.39. The number of ether oxygens (including phenoxy) is 2. The van der Waals surface area contributed by atoms with Crippen LogP contribution in [-0.2, 0) is 17.9 Å². The van der Waals surface area contributed by atoms with Gasteiger partial charge in [-0.05, 0) is 90.4 Å². The van der Waals surface area contributed by atoms with Gasteiger partial charge in [-0.1, -0.05) is 72.3 Å². The van der Waals surface area contributed by atoms with Gasteiger partial charge in [-0.2, -0.15) is 5.26 Å². The number of Topliss-reactive ketones (excluding diaryl/α,β-unsaturated/α-hetero) is 2. The number of hydrogen-bond donors (Lipinski definition) is 0. The zero-order chi connectivity index (χ0) is 42.5. The first-order valence-corrected chi connectivity index (χ1v) is 20.4. The van der Waals surface area contributed by atoms with Gasteiger partial charge in [0, 0.05) is 23.0 Å². The molecule has 2 aromatic carbocycles. The standard InChI is InChI=1S/2C16H13Cl2N5O3.C6H15N/c17-12-4-3-10(14(24)11-7-20-26-15(11)9-1-2-9)13(18)16(12)25-6-5-23-8-19-21-22-23;17-12-4-3-10(15(25)11(7-19)14(24)9-1-2-9)13(18)16(12)26-6-5-23-8-20-21-22-23;1-4-7(5-2)6-3/h3-4,7-9H,1-2,5-6H2;3-4,8-9,11H,1-2,5-6H2;4-6H2,1-3H3. The summed E-state index contributed by atoms with van der Waals surface area (Å²) < 4.78 is 19.4. The lowest BCUT2D eigenvalue weighted by atomic mass is 9.92. The quantitative estimate of drug-likeness (QED) is 0.0650. The molecule has 0 amide bonds. The van der Waals surface area contributed by atoms with E-state index in [9.17, 15) is 19.6 Å². The minimum absolute atomic E-state index is 0.0249. The highest BCUT2D eigenvalue weighted by atomic mass is 35.5. The Balaban J connectivity index is 0.000000193.